The van der Waals surface area contributed by atoms with Crippen LogP contribution in [0.5, 0.6) is 28.7 Å². The van der Waals surface area contributed by atoms with Crippen LogP contribution < -0.4 is 0 Å². The van der Waals surface area contributed by atoms with Crippen LogP contribution in [0.3, 0.4) is 0 Å². The minimum Gasteiger partial charge on any atom is -0.508 e. The first-order valence-corrected chi connectivity index (χ1v) is 8.13. The van der Waals surface area contributed by atoms with Crippen molar-refractivity contribution in [1.29, 1.82) is 0 Å². The van der Waals surface area contributed by atoms with Crippen LogP contribution in [0.4, 0.5) is 0 Å². The second kappa shape index (κ2) is 6.52. The standard InChI is InChI=1S/C21H20O5/c1-11-17(23)8-6-15(20(11)25)19(13-4-3-5-14(22)10-13)16-7-9-18(24)12(2)21(16)26/h3-10,19,22-26H,1-2H3. The zero-order chi connectivity index (χ0) is 19.0. The van der Waals surface area contributed by atoms with Crippen molar-refractivity contribution in [1.82, 2.24) is 0 Å². The molecule has 3 aromatic carbocycles. The molecule has 0 unspecified atom stereocenters. The first-order chi connectivity index (χ1) is 12.3. The monoisotopic (exact) mass is 352 g/mol. The number of phenolic OH excluding ortho intramolecular Hbond substituents is 5. The average Bonchev–Trinajstić information content (AvgIpc) is 2.61. The van der Waals surface area contributed by atoms with Crippen LogP contribution in [0.25, 0.3) is 0 Å². The number of aromatic hydroxyl groups is 5. The maximum absolute atomic E-state index is 10.6. The lowest BCUT2D eigenvalue weighted by molar-refractivity contribution is 0.432. The lowest BCUT2D eigenvalue weighted by Crippen LogP contribution is -2.05. The second-order valence-corrected chi connectivity index (χ2v) is 6.32. The molecule has 0 heterocycles. The summed E-state index contributed by atoms with van der Waals surface area (Å²) in [4.78, 5) is 0. The molecular weight excluding hydrogens is 332 g/mol. The van der Waals surface area contributed by atoms with E-state index in [1.165, 1.54) is 18.2 Å². The van der Waals surface area contributed by atoms with Crippen molar-refractivity contribution in [2.24, 2.45) is 0 Å². The van der Waals surface area contributed by atoms with Crippen molar-refractivity contribution < 1.29 is 25.5 Å². The summed E-state index contributed by atoms with van der Waals surface area (Å²) in [6.45, 7) is 3.19. The fourth-order valence-electron chi connectivity index (χ4n) is 3.12. The van der Waals surface area contributed by atoms with Gasteiger partial charge in [-0.3, -0.25) is 0 Å². The summed E-state index contributed by atoms with van der Waals surface area (Å²) in [5.74, 6) is -0.816. The van der Waals surface area contributed by atoms with E-state index in [0.29, 0.717) is 27.8 Å². The molecule has 0 amide bonds. The molecule has 0 fully saturated rings. The van der Waals surface area contributed by atoms with E-state index < -0.39 is 5.92 Å². The fourth-order valence-corrected chi connectivity index (χ4v) is 3.12. The minimum atomic E-state index is -0.610. The summed E-state index contributed by atoms with van der Waals surface area (Å²) in [5, 5.41) is 50.8. The lowest BCUT2D eigenvalue weighted by Gasteiger charge is -2.23. The third kappa shape index (κ3) is 2.88. The van der Waals surface area contributed by atoms with Gasteiger partial charge in [0.25, 0.3) is 0 Å². The largest absolute Gasteiger partial charge is 0.508 e. The molecule has 0 spiro atoms. The predicted molar refractivity (Wildman–Crippen MR) is 98.1 cm³/mol. The van der Waals surface area contributed by atoms with Crippen molar-refractivity contribution in [2.45, 2.75) is 19.8 Å². The maximum atomic E-state index is 10.6. The Morgan fingerprint density at radius 1 is 0.654 bits per heavy atom. The van der Waals surface area contributed by atoms with Gasteiger partial charge in [0, 0.05) is 28.2 Å². The Labute approximate surface area is 151 Å². The van der Waals surface area contributed by atoms with Gasteiger partial charge < -0.3 is 25.5 Å². The highest BCUT2D eigenvalue weighted by molar-refractivity contribution is 5.60. The Balaban J connectivity index is 2.32. The quantitative estimate of drug-likeness (QED) is 0.459. The Morgan fingerprint density at radius 3 is 1.62 bits per heavy atom. The molecule has 3 rings (SSSR count). The molecule has 5 N–H and O–H groups in total. The van der Waals surface area contributed by atoms with Crippen molar-refractivity contribution in [3.8, 4) is 28.7 Å². The summed E-state index contributed by atoms with van der Waals surface area (Å²) < 4.78 is 0. The van der Waals surface area contributed by atoms with Crippen LogP contribution in [0.15, 0.2) is 48.5 Å². The smallest absolute Gasteiger partial charge is 0.126 e. The number of hydrogen-bond acceptors (Lipinski definition) is 5. The van der Waals surface area contributed by atoms with Crippen LogP contribution in [0.2, 0.25) is 0 Å². The highest BCUT2D eigenvalue weighted by atomic mass is 16.3. The molecule has 5 heteroatoms. The van der Waals surface area contributed by atoms with Gasteiger partial charge in [-0.2, -0.15) is 0 Å². The molecule has 5 nitrogen and oxygen atoms in total. The molecule has 0 aliphatic heterocycles. The molecular formula is C21H20O5. The van der Waals surface area contributed by atoms with E-state index in [0.717, 1.165) is 0 Å². The third-order valence-corrected chi connectivity index (χ3v) is 4.69. The Hall–Kier alpha value is -3.34. The highest BCUT2D eigenvalue weighted by Crippen LogP contribution is 2.45. The van der Waals surface area contributed by atoms with Gasteiger partial charge >= 0.3 is 0 Å². The van der Waals surface area contributed by atoms with Crippen LogP contribution in [-0.2, 0) is 0 Å². The van der Waals surface area contributed by atoms with Gasteiger partial charge in [0.1, 0.15) is 28.7 Å². The first kappa shape index (κ1) is 17.5. The van der Waals surface area contributed by atoms with Crippen molar-refractivity contribution in [2.75, 3.05) is 0 Å². The molecule has 0 aliphatic rings. The Morgan fingerprint density at radius 2 is 1.15 bits per heavy atom. The number of hydrogen-bond donors (Lipinski definition) is 5. The van der Waals surface area contributed by atoms with Crippen LogP contribution in [-0.4, -0.2) is 25.5 Å². The molecule has 0 aromatic heterocycles. The molecule has 0 aliphatic carbocycles. The molecule has 0 saturated heterocycles. The molecule has 3 aromatic rings. The van der Waals surface area contributed by atoms with E-state index in [4.69, 9.17) is 0 Å². The first-order valence-electron chi connectivity index (χ1n) is 8.13. The van der Waals surface area contributed by atoms with Gasteiger partial charge in [0.05, 0.1) is 0 Å². The molecule has 0 bridgehead atoms. The normalized spacial score (nSPS) is 11.0. The van der Waals surface area contributed by atoms with E-state index in [1.54, 1.807) is 44.2 Å². The predicted octanol–water partition coefficient (Wildman–Crippen LogP) is 4.01. The highest BCUT2D eigenvalue weighted by Gasteiger charge is 2.26. The van der Waals surface area contributed by atoms with Gasteiger partial charge in [0.15, 0.2) is 0 Å². The number of rotatable bonds is 3. The molecule has 0 radical (unpaired) electrons. The minimum absolute atomic E-state index is 0.0352. The van der Waals surface area contributed by atoms with E-state index in [2.05, 4.69) is 0 Å². The zero-order valence-electron chi connectivity index (χ0n) is 14.4. The van der Waals surface area contributed by atoms with Crippen LogP contribution in [0.1, 0.15) is 33.7 Å². The third-order valence-electron chi connectivity index (χ3n) is 4.69. The van der Waals surface area contributed by atoms with E-state index in [1.807, 2.05) is 0 Å². The number of phenols is 5. The fraction of sp³-hybridized carbons (Fsp3) is 0.143. The van der Waals surface area contributed by atoms with Gasteiger partial charge in [-0.1, -0.05) is 24.3 Å². The topological polar surface area (TPSA) is 101 Å². The summed E-state index contributed by atoms with van der Waals surface area (Å²) in [6, 6.07) is 12.6. The Bertz CT molecular complexity index is 921. The van der Waals surface area contributed by atoms with Crippen LogP contribution in [0, 0.1) is 13.8 Å². The van der Waals surface area contributed by atoms with Crippen LogP contribution >= 0.6 is 0 Å². The van der Waals surface area contributed by atoms with E-state index >= 15 is 0 Å². The lowest BCUT2D eigenvalue weighted by atomic mass is 9.82. The summed E-state index contributed by atoms with van der Waals surface area (Å²) in [6.07, 6.45) is 0. The van der Waals surface area contributed by atoms with Crippen molar-refractivity contribution in [3.63, 3.8) is 0 Å². The van der Waals surface area contributed by atoms with Gasteiger partial charge in [-0.05, 0) is 43.7 Å². The SMILES string of the molecule is Cc1c(O)ccc(C(c2cccc(O)c2)c2ccc(O)c(C)c2O)c1O. The zero-order valence-corrected chi connectivity index (χ0v) is 14.4. The molecule has 134 valence electrons. The summed E-state index contributed by atoms with van der Waals surface area (Å²) in [5.41, 5.74) is 2.22. The Kier molecular flexibility index (Phi) is 4.38. The van der Waals surface area contributed by atoms with E-state index in [9.17, 15) is 25.5 Å². The van der Waals surface area contributed by atoms with Gasteiger partial charge in [-0.25, -0.2) is 0 Å². The van der Waals surface area contributed by atoms with Crippen molar-refractivity contribution >= 4 is 0 Å². The maximum Gasteiger partial charge on any atom is 0.126 e. The summed E-state index contributed by atoms with van der Waals surface area (Å²) in [7, 11) is 0. The second-order valence-electron chi connectivity index (χ2n) is 6.32. The van der Waals surface area contributed by atoms with Crippen molar-refractivity contribution in [3.05, 3.63) is 76.3 Å². The molecule has 0 saturated carbocycles. The van der Waals surface area contributed by atoms with Gasteiger partial charge in [0.2, 0.25) is 0 Å². The average molecular weight is 352 g/mol. The number of benzene rings is 3. The molecule has 0 atom stereocenters. The summed E-state index contributed by atoms with van der Waals surface area (Å²) >= 11 is 0. The molecule has 26 heavy (non-hydrogen) atoms. The van der Waals surface area contributed by atoms with E-state index in [-0.39, 0.29) is 28.7 Å². The van der Waals surface area contributed by atoms with Gasteiger partial charge in [-0.15, -0.1) is 0 Å².